The Bertz CT molecular complexity index is 1200. The zero-order chi connectivity index (χ0) is 21.8. The standard InChI is InChI=1S/C23H19N3O4/c1-14-11-16(15(2)26(14)21-6-4-3-5-20(21)23(29)30)12-17(13-24)22(28)25-18-7-9-19(27)10-8-18/h3-12,27H,1-2H3,(H,25,28)(H,29,30)/b17-12+. The van der Waals surface area contributed by atoms with Crippen LogP contribution in [-0.4, -0.2) is 26.7 Å². The van der Waals surface area contributed by atoms with Crippen LogP contribution >= 0.6 is 0 Å². The number of nitrogens with zero attached hydrogens (tertiary/aromatic N) is 2. The number of nitriles is 1. The van der Waals surface area contributed by atoms with Gasteiger partial charge in [-0.1, -0.05) is 12.1 Å². The zero-order valence-corrected chi connectivity index (χ0v) is 16.4. The molecule has 3 aromatic rings. The van der Waals surface area contributed by atoms with Gasteiger partial charge in [-0.2, -0.15) is 5.26 Å². The number of aromatic hydroxyl groups is 1. The third kappa shape index (κ3) is 4.08. The molecule has 1 amide bonds. The van der Waals surface area contributed by atoms with Gasteiger partial charge in [0.25, 0.3) is 5.91 Å². The first-order valence-corrected chi connectivity index (χ1v) is 9.05. The predicted octanol–water partition coefficient (Wildman–Crippen LogP) is 4.04. The highest BCUT2D eigenvalue weighted by atomic mass is 16.4. The molecule has 0 saturated carbocycles. The second kappa shape index (κ2) is 8.37. The third-order valence-electron chi connectivity index (χ3n) is 4.64. The maximum atomic E-state index is 12.5. The van der Waals surface area contributed by atoms with E-state index in [1.54, 1.807) is 35.8 Å². The molecule has 30 heavy (non-hydrogen) atoms. The number of nitrogens with one attached hydrogen (secondary N) is 1. The summed E-state index contributed by atoms with van der Waals surface area (Å²) in [4.78, 5) is 24.1. The van der Waals surface area contributed by atoms with Crippen molar-refractivity contribution in [3.8, 4) is 17.5 Å². The van der Waals surface area contributed by atoms with E-state index in [4.69, 9.17) is 0 Å². The van der Waals surface area contributed by atoms with Crippen LogP contribution in [0.5, 0.6) is 5.75 Å². The number of carbonyl (C=O) groups is 2. The molecule has 0 atom stereocenters. The highest BCUT2D eigenvalue weighted by Crippen LogP contribution is 2.25. The molecule has 0 bridgehead atoms. The average molecular weight is 401 g/mol. The zero-order valence-electron chi connectivity index (χ0n) is 16.4. The molecular formula is C23H19N3O4. The molecule has 0 unspecified atom stereocenters. The molecule has 1 aromatic heterocycles. The number of hydrogen-bond acceptors (Lipinski definition) is 4. The molecule has 1 heterocycles. The molecule has 7 heteroatoms. The van der Waals surface area contributed by atoms with E-state index in [2.05, 4.69) is 5.32 Å². The van der Waals surface area contributed by atoms with Crippen LogP contribution in [0.1, 0.15) is 27.3 Å². The number of aromatic nitrogens is 1. The summed E-state index contributed by atoms with van der Waals surface area (Å²) in [5.74, 6) is -1.56. The fourth-order valence-corrected chi connectivity index (χ4v) is 3.20. The van der Waals surface area contributed by atoms with Gasteiger partial charge in [0.05, 0.1) is 11.3 Å². The smallest absolute Gasteiger partial charge is 0.337 e. The van der Waals surface area contributed by atoms with Crippen LogP contribution in [0.15, 0.2) is 60.2 Å². The maximum Gasteiger partial charge on any atom is 0.337 e. The molecular weight excluding hydrogens is 382 g/mol. The molecule has 3 rings (SSSR count). The van der Waals surface area contributed by atoms with Gasteiger partial charge in [-0.05, 0) is 68.0 Å². The molecule has 150 valence electrons. The number of carboxylic acids is 1. The van der Waals surface area contributed by atoms with Gasteiger partial charge in [-0.3, -0.25) is 4.79 Å². The van der Waals surface area contributed by atoms with E-state index in [9.17, 15) is 25.1 Å². The van der Waals surface area contributed by atoms with Crippen LogP contribution in [-0.2, 0) is 4.79 Å². The second-order valence-corrected chi connectivity index (χ2v) is 6.65. The number of phenols is 1. The van der Waals surface area contributed by atoms with Gasteiger partial charge < -0.3 is 20.1 Å². The van der Waals surface area contributed by atoms with E-state index in [1.807, 2.05) is 13.0 Å². The quantitative estimate of drug-likeness (QED) is 0.339. The first-order valence-electron chi connectivity index (χ1n) is 9.05. The summed E-state index contributed by atoms with van der Waals surface area (Å²) in [7, 11) is 0. The minimum absolute atomic E-state index is 0.0677. The van der Waals surface area contributed by atoms with Crippen molar-refractivity contribution in [2.75, 3.05) is 5.32 Å². The first kappa shape index (κ1) is 20.4. The van der Waals surface area contributed by atoms with E-state index in [0.29, 0.717) is 22.6 Å². The van der Waals surface area contributed by atoms with Crippen LogP contribution in [0.4, 0.5) is 5.69 Å². The monoisotopic (exact) mass is 401 g/mol. The Hall–Kier alpha value is -4.31. The number of phenolic OH excluding ortho intramolecular Hbond substituents is 1. The predicted molar refractivity (Wildman–Crippen MR) is 113 cm³/mol. The summed E-state index contributed by atoms with van der Waals surface area (Å²) in [6.07, 6.45) is 1.47. The maximum absolute atomic E-state index is 12.5. The number of carbonyl (C=O) groups excluding carboxylic acids is 1. The molecule has 0 fully saturated rings. The number of para-hydroxylation sites is 1. The van der Waals surface area contributed by atoms with Crippen molar-refractivity contribution < 1.29 is 19.8 Å². The number of rotatable bonds is 5. The number of carboxylic acid groups (broad SMARTS) is 1. The first-order chi connectivity index (χ1) is 14.3. The van der Waals surface area contributed by atoms with E-state index < -0.39 is 11.9 Å². The molecule has 0 spiro atoms. The normalized spacial score (nSPS) is 11.0. The molecule has 3 N–H and O–H groups in total. The number of benzene rings is 2. The number of amides is 1. The summed E-state index contributed by atoms with van der Waals surface area (Å²) in [5.41, 5.74) is 3.10. The molecule has 0 aliphatic rings. The molecule has 0 aliphatic carbocycles. The lowest BCUT2D eigenvalue weighted by molar-refractivity contribution is -0.112. The highest BCUT2D eigenvalue weighted by molar-refractivity contribution is 6.09. The SMILES string of the molecule is Cc1cc(/C=C(\C#N)C(=O)Nc2ccc(O)cc2)c(C)n1-c1ccccc1C(=O)O. The topological polar surface area (TPSA) is 115 Å². The van der Waals surface area contributed by atoms with Gasteiger partial charge in [0, 0.05) is 17.1 Å². The van der Waals surface area contributed by atoms with Crippen molar-refractivity contribution in [3.05, 3.63) is 82.7 Å². The van der Waals surface area contributed by atoms with E-state index >= 15 is 0 Å². The van der Waals surface area contributed by atoms with Crippen LogP contribution in [0.3, 0.4) is 0 Å². The summed E-state index contributed by atoms with van der Waals surface area (Å²) in [6, 6.07) is 16.2. The highest BCUT2D eigenvalue weighted by Gasteiger charge is 2.17. The van der Waals surface area contributed by atoms with Gasteiger partial charge in [0.1, 0.15) is 17.4 Å². The van der Waals surface area contributed by atoms with Gasteiger partial charge in [-0.15, -0.1) is 0 Å². The van der Waals surface area contributed by atoms with Gasteiger partial charge in [0.2, 0.25) is 0 Å². The Morgan fingerprint density at radius 3 is 2.40 bits per heavy atom. The van der Waals surface area contributed by atoms with Crippen LogP contribution in [0.2, 0.25) is 0 Å². The molecule has 7 nitrogen and oxygen atoms in total. The van der Waals surface area contributed by atoms with Crippen molar-refractivity contribution in [3.63, 3.8) is 0 Å². The lowest BCUT2D eigenvalue weighted by Gasteiger charge is -2.12. The average Bonchev–Trinajstić information content (AvgIpc) is 3.00. The number of aromatic carboxylic acids is 1. The fourth-order valence-electron chi connectivity index (χ4n) is 3.20. The Labute approximate surface area is 173 Å². The number of aryl methyl sites for hydroxylation is 1. The van der Waals surface area contributed by atoms with Crippen LogP contribution in [0.25, 0.3) is 11.8 Å². The lowest BCUT2D eigenvalue weighted by Crippen LogP contribution is -2.13. The van der Waals surface area contributed by atoms with Crippen molar-refractivity contribution in [1.29, 1.82) is 5.26 Å². The summed E-state index contributed by atoms with van der Waals surface area (Å²) < 4.78 is 1.78. The van der Waals surface area contributed by atoms with E-state index in [0.717, 1.165) is 5.69 Å². The van der Waals surface area contributed by atoms with Gasteiger partial charge >= 0.3 is 5.97 Å². The van der Waals surface area contributed by atoms with Crippen molar-refractivity contribution in [2.24, 2.45) is 0 Å². The number of anilines is 1. The molecule has 0 saturated heterocycles. The number of hydrogen-bond donors (Lipinski definition) is 3. The fraction of sp³-hybridized carbons (Fsp3) is 0.0870. The van der Waals surface area contributed by atoms with E-state index in [-0.39, 0.29) is 16.9 Å². The van der Waals surface area contributed by atoms with Crippen molar-refractivity contribution in [1.82, 2.24) is 4.57 Å². The van der Waals surface area contributed by atoms with Gasteiger partial charge in [0.15, 0.2) is 0 Å². The molecule has 0 radical (unpaired) electrons. The summed E-state index contributed by atoms with van der Waals surface area (Å²) in [5, 5.41) is 30.9. The lowest BCUT2D eigenvalue weighted by atomic mass is 10.1. The summed E-state index contributed by atoms with van der Waals surface area (Å²) >= 11 is 0. The van der Waals surface area contributed by atoms with Crippen LogP contribution < -0.4 is 5.32 Å². The molecule has 2 aromatic carbocycles. The largest absolute Gasteiger partial charge is 0.508 e. The van der Waals surface area contributed by atoms with Crippen molar-refractivity contribution in [2.45, 2.75) is 13.8 Å². The molecule has 0 aliphatic heterocycles. The second-order valence-electron chi connectivity index (χ2n) is 6.65. The Balaban J connectivity index is 1.98. The third-order valence-corrected chi connectivity index (χ3v) is 4.64. The minimum atomic E-state index is -1.04. The van der Waals surface area contributed by atoms with E-state index in [1.165, 1.54) is 36.4 Å². The van der Waals surface area contributed by atoms with Crippen molar-refractivity contribution >= 4 is 23.6 Å². The Morgan fingerprint density at radius 1 is 1.10 bits per heavy atom. The minimum Gasteiger partial charge on any atom is -0.508 e. The summed E-state index contributed by atoms with van der Waals surface area (Å²) in [6.45, 7) is 3.62. The van der Waals surface area contributed by atoms with Gasteiger partial charge in [-0.25, -0.2) is 4.79 Å². The Kier molecular flexibility index (Phi) is 5.70. The Morgan fingerprint density at radius 2 is 1.77 bits per heavy atom. The van der Waals surface area contributed by atoms with Crippen LogP contribution in [0, 0.1) is 25.2 Å².